The maximum absolute atomic E-state index is 13.9. The molecule has 2 aliphatic rings. The minimum absolute atomic E-state index is 0.0324. The summed E-state index contributed by atoms with van der Waals surface area (Å²) in [6.07, 6.45) is 1.66. The van der Waals surface area contributed by atoms with E-state index in [0.29, 0.717) is 31.6 Å². The lowest BCUT2D eigenvalue weighted by Crippen LogP contribution is -2.33. The SMILES string of the molecule is COc1ccccc1[C@H](c1cc2ccccc2[nH]1)N1Cc2ccc(C3=CCN(C(=O)O)CC3)cc2C1=O. The standard InChI is InChI=1S/C30H27N3O4/c1-37-27-9-5-3-7-23(27)28(26-17-21-6-2-4-8-25(21)31-26)33-18-22-11-10-20(16-24(22)29(33)34)19-12-14-32(15-13-19)30(35)36/h2-12,16-17,28,31H,13-15,18H2,1H3,(H,35,36)/t28-/m1/s1. The van der Waals surface area contributed by atoms with Crippen LogP contribution in [0.5, 0.6) is 5.75 Å². The Balaban J connectivity index is 1.39. The highest BCUT2D eigenvalue weighted by Crippen LogP contribution is 2.40. The van der Waals surface area contributed by atoms with E-state index >= 15 is 0 Å². The number of carboxylic acid groups (broad SMARTS) is 1. The summed E-state index contributed by atoms with van der Waals surface area (Å²) in [5.41, 5.74) is 6.58. The lowest BCUT2D eigenvalue weighted by atomic mass is 9.96. The Morgan fingerprint density at radius 1 is 1.05 bits per heavy atom. The first-order chi connectivity index (χ1) is 18.0. The molecule has 0 unspecified atom stereocenters. The van der Waals surface area contributed by atoms with E-state index in [0.717, 1.165) is 44.6 Å². The molecular formula is C30H27N3O4. The van der Waals surface area contributed by atoms with Crippen LogP contribution in [0.2, 0.25) is 0 Å². The van der Waals surface area contributed by atoms with Crippen LogP contribution in [0.25, 0.3) is 16.5 Å². The van der Waals surface area contributed by atoms with Gasteiger partial charge in [0.25, 0.3) is 5.91 Å². The van der Waals surface area contributed by atoms with Gasteiger partial charge in [0.05, 0.1) is 7.11 Å². The number of para-hydroxylation sites is 2. The number of aromatic nitrogens is 1. The summed E-state index contributed by atoms with van der Waals surface area (Å²) in [6.45, 7) is 1.30. The normalized spacial score (nSPS) is 16.0. The van der Waals surface area contributed by atoms with Gasteiger partial charge in [-0.15, -0.1) is 0 Å². The van der Waals surface area contributed by atoms with Gasteiger partial charge in [0.15, 0.2) is 0 Å². The number of carbonyl (C=O) groups excluding carboxylic acids is 1. The lowest BCUT2D eigenvalue weighted by Gasteiger charge is -2.29. The van der Waals surface area contributed by atoms with Crippen LogP contribution < -0.4 is 4.74 Å². The number of nitrogens with zero attached hydrogens (tertiary/aromatic N) is 2. The average Bonchev–Trinajstić information content (AvgIpc) is 3.50. The smallest absolute Gasteiger partial charge is 0.407 e. The van der Waals surface area contributed by atoms with E-state index in [1.54, 1.807) is 7.11 Å². The molecule has 0 spiro atoms. The Morgan fingerprint density at radius 3 is 2.62 bits per heavy atom. The van der Waals surface area contributed by atoms with Crippen molar-refractivity contribution in [1.82, 2.24) is 14.8 Å². The highest BCUT2D eigenvalue weighted by atomic mass is 16.5. The third-order valence-corrected chi connectivity index (χ3v) is 7.38. The number of hydrogen-bond acceptors (Lipinski definition) is 3. The number of H-pyrrole nitrogens is 1. The summed E-state index contributed by atoms with van der Waals surface area (Å²) in [7, 11) is 1.65. The van der Waals surface area contributed by atoms with Gasteiger partial charge in [-0.05, 0) is 52.8 Å². The first-order valence-corrected chi connectivity index (χ1v) is 12.3. The van der Waals surface area contributed by atoms with Crippen LogP contribution in [0.3, 0.4) is 0 Å². The Labute approximate surface area is 214 Å². The first-order valence-electron chi connectivity index (χ1n) is 12.3. The molecule has 186 valence electrons. The molecule has 2 aliphatic heterocycles. The van der Waals surface area contributed by atoms with Crippen molar-refractivity contribution in [2.45, 2.75) is 19.0 Å². The summed E-state index contributed by atoms with van der Waals surface area (Å²) in [4.78, 5) is 32.0. The van der Waals surface area contributed by atoms with Gasteiger partial charge in [0.1, 0.15) is 11.8 Å². The third kappa shape index (κ3) is 4.02. The van der Waals surface area contributed by atoms with E-state index in [4.69, 9.17) is 4.74 Å². The number of ether oxygens (including phenoxy) is 1. The van der Waals surface area contributed by atoms with Gasteiger partial charge in [-0.3, -0.25) is 4.79 Å². The molecule has 37 heavy (non-hydrogen) atoms. The fourth-order valence-electron chi connectivity index (χ4n) is 5.48. The van der Waals surface area contributed by atoms with Crippen molar-refractivity contribution in [1.29, 1.82) is 0 Å². The fraction of sp³-hybridized carbons (Fsp3) is 0.200. The maximum atomic E-state index is 13.9. The summed E-state index contributed by atoms with van der Waals surface area (Å²) in [6, 6.07) is 23.7. The molecule has 3 heterocycles. The number of rotatable bonds is 5. The monoisotopic (exact) mass is 493 g/mol. The molecule has 2 N–H and O–H groups in total. The largest absolute Gasteiger partial charge is 0.496 e. The number of amides is 2. The van der Waals surface area contributed by atoms with Gasteiger partial charge in [0.2, 0.25) is 0 Å². The number of methoxy groups -OCH3 is 1. The van der Waals surface area contributed by atoms with Gasteiger partial charge in [-0.1, -0.05) is 54.6 Å². The number of benzene rings is 3. The number of nitrogens with one attached hydrogen (secondary N) is 1. The van der Waals surface area contributed by atoms with E-state index in [-0.39, 0.29) is 11.9 Å². The molecular weight excluding hydrogens is 466 g/mol. The minimum Gasteiger partial charge on any atom is -0.496 e. The predicted molar refractivity (Wildman–Crippen MR) is 142 cm³/mol. The number of carbonyl (C=O) groups is 2. The Bertz CT molecular complexity index is 1520. The van der Waals surface area contributed by atoms with Crippen molar-refractivity contribution < 1.29 is 19.4 Å². The molecule has 7 heteroatoms. The van der Waals surface area contributed by atoms with Gasteiger partial charge in [0, 0.05) is 42.0 Å². The van der Waals surface area contributed by atoms with Crippen LogP contribution in [-0.2, 0) is 6.54 Å². The molecule has 0 bridgehead atoms. The topological polar surface area (TPSA) is 85.9 Å². The summed E-state index contributed by atoms with van der Waals surface area (Å²) in [5.74, 6) is 0.695. The molecule has 0 aliphatic carbocycles. The number of aromatic amines is 1. The summed E-state index contributed by atoms with van der Waals surface area (Å²) in [5, 5.41) is 10.3. The molecule has 6 rings (SSSR count). The molecule has 0 radical (unpaired) electrons. The second kappa shape index (κ2) is 9.17. The molecule has 7 nitrogen and oxygen atoms in total. The molecule has 4 aromatic rings. The van der Waals surface area contributed by atoms with Crippen LogP contribution in [0.1, 0.15) is 45.2 Å². The van der Waals surface area contributed by atoms with Crippen LogP contribution in [0.15, 0.2) is 78.9 Å². The summed E-state index contributed by atoms with van der Waals surface area (Å²) < 4.78 is 5.71. The van der Waals surface area contributed by atoms with Crippen LogP contribution in [0, 0.1) is 0 Å². The Morgan fingerprint density at radius 2 is 1.86 bits per heavy atom. The highest BCUT2D eigenvalue weighted by Gasteiger charge is 2.37. The molecule has 3 aromatic carbocycles. The quantitative estimate of drug-likeness (QED) is 0.374. The van der Waals surface area contributed by atoms with E-state index in [2.05, 4.69) is 17.1 Å². The van der Waals surface area contributed by atoms with Crippen LogP contribution in [0.4, 0.5) is 4.79 Å². The van der Waals surface area contributed by atoms with Crippen molar-refractivity contribution >= 4 is 28.5 Å². The predicted octanol–water partition coefficient (Wildman–Crippen LogP) is 5.69. The second-order valence-corrected chi connectivity index (χ2v) is 9.47. The number of fused-ring (bicyclic) bond motifs is 2. The second-order valence-electron chi connectivity index (χ2n) is 9.47. The van der Waals surface area contributed by atoms with Gasteiger partial charge in [-0.25, -0.2) is 4.79 Å². The highest BCUT2D eigenvalue weighted by molar-refractivity contribution is 6.00. The minimum atomic E-state index is -0.908. The molecule has 0 fully saturated rings. The molecule has 0 saturated heterocycles. The van der Waals surface area contributed by atoms with Crippen LogP contribution >= 0.6 is 0 Å². The van der Waals surface area contributed by atoms with Crippen LogP contribution in [-0.4, -0.2) is 52.1 Å². The molecule has 2 amide bonds. The van der Waals surface area contributed by atoms with Crippen molar-refractivity contribution in [3.63, 3.8) is 0 Å². The van der Waals surface area contributed by atoms with E-state index in [1.165, 1.54) is 4.90 Å². The Hall–Kier alpha value is -4.52. The zero-order valence-corrected chi connectivity index (χ0v) is 20.5. The molecule has 1 aromatic heterocycles. The lowest BCUT2D eigenvalue weighted by molar-refractivity contribution is 0.0726. The average molecular weight is 494 g/mol. The van der Waals surface area contributed by atoms with Gasteiger partial charge < -0.3 is 24.6 Å². The number of hydrogen-bond donors (Lipinski definition) is 2. The zero-order valence-electron chi connectivity index (χ0n) is 20.5. The molecule has 1 atom stereocenters. The van der Waals surface area contributed by atoms with Crippen molar-refractivity contribution in [2.75, 3.05) is 20.2 Å². The maximum Gasteiger partial charge on any atom is 0.407 e. The van der Waals surface area contributed by atoms with Crippen molar-refractivity contribution in [3.05, 3.63) is 107 Å². The van der Waals surface area contributed by atoms with Gasteiger partial charge in [-0.2, -0.15) is 0 Å². The molecule has 0 saturated carbocycles. The van der Waals surface area contributed by atoms with Crippen molar-refractivity contribution in [3.8, 4) is 5.75 Å². The first kappa shape index (κ1) is 22.9. The zero-order chi connectivity index (χ0) is 25.5. The fourth-order valence-corrected chi connectivity index (χ4v) is 5.48. The summed E-state index contributed by atoms with van der Waals surface area (Å²) >= 11 is 0. The Kier molecular flexibility index (Phi) is 5.68. The van der Waals surface area contributed by atoms with E-state index in [1.807, 2.05) is 71.6 Å². The third-order valence-electron chi connectivity index (χ3n) is 7.38. The van der Waals surface area contributed by atoms with E-state index in [9.17, 15) is 14.7 Å². The van der Waals surface area contributed by atoms with Crippen molar-refractivity contribution in [2.24, 2.45) is 0 Å². The van der Waals surface area contributed by atoms with Gasteiger partial charge >= 0.3 is 6.09 Å². The van der Waals surface area contributed by atoms with E-state index < -0.39 is 6.09 Å².